The van der Waals surface area contributed by atoms with Gasteiger partial charge in [-0.3, -0.25) is 0 Å². The van der Waals surface area contributed by atoms with Gasteiger partial charge in [-0.1, -0.05) is 41.9 Å². The number of halogens is 2. The average Bonchev–Trinajstić information content (AvgIpc) is 2.47. The number of rotatable bonds is 5. The molecule has 0 aromatic heterocycles. The summed E-state index contributed by atoms with van der Waals surface area (Å²) < 4.78 is 20.1. The van der Waals surface area contributed by atoms with Gasteiger partial charge < -0.3 is 10.5 Å². The molecule has 2 aromatic rings. The summed E-state index contributed by atoms with van der Waals surface area (Å²) in [6.45, 7) is 4.56. The zero-order valence-corrected chi connectivity index (χ0v) is 13.7. The third-order valence-electron chi connectivity index (χ3n) is 3.32. The van der Waals surface area contributed by atoms with Gasteiger partial charge in [-0.2, -0.15) is 0 Å². The maximum atomic E-state index is 13.0. The summed E-state index contributed by atoms with van der Waals surface area (Å²) in [7, 11) is 0. The molecule has 1 unspecified atom stereocenters. The van der Waals surface area contributed by atoms with Gasteiger partial charge in [-0.05, 0) is 47.4 Å². The molecule has 112 valence electrons. The van der Waals surface area contributed by atoms with Gasteiger partial charge in [0.2, 0.25) is 0 Å². The first-order chi connectivity index (χ1) is 10.0. The maximum absolute atomic E-state index is 13.0. The third-order valence-corrected chi connectivity index (χ3v) is 3.81. The zero-order valence-electron chi connectivity index (χ0n) is 12.1. The van der Waals surface area contributed by atoms with E-state index in [-0.39, 0.29) is 11.9 Å². The second kappa shape index (κ2) is 7.05. The fourth-order valence-electron chi connectivity index (χ4n) is 2.16. The third kappa shape index (κ3) is 4.05. The van der Waals surface area contributed by atoms with Crippen LogP contribution in [-0.4, -0.2) is 6.54 Å². The summed E-state index contributed by atoms with van der Waals surface area (Å²) in [5.74, 6) is 0.887. The Bertz CT molecular complexity index is 598. The van der Waals surface area contributed by atoms with Crippen LogP contribution in [0.3, 0.4) is 0 Å². The Kier molecular flexibility index (Phi) is 5.37. The minimum Gasteiger partial charge on any atom is -0.484 e. The molecule has 0 aliphatic carbocycles. The Morgan fingerprint density at radius 3 is 2.38 bits per heavy atom. The Hall–Kier alpha value is -1.39. The van der Waals surface area contributed by atoms with Gasteiger partial charge in [-0.25, -0.2) is 4.39 Å². The molecular weight excluding hydrogens is 333 g/mol. The lowest BCUT2D eigenvalue weighted by Crippen LogP contribution is -2.19. The molecule has 21 heavy (non-hydrogen) atoms. The van der Waals surface area contributed by atoms with Crippen LogP contribution >= 0.6 is 15.9 Å². The van der Waals surface area contributed by atoms with Crippen LogP contribution in [0.25, 0.3) is 0 Å². The Morgan fingerprint density at radius 2 is 1.81 bits per heavy atom. The molecule has 0 amide bonds. The summed E-state index contributed by atoms with van der Waals surface area (Å²) in [5, 5.41) is 0. The number of nitrogens with two attached hydrogens (primary N) is 1. The molecule has 2 aromatic carbocycles. The van der Waals surface area contributed by atoms with E-state index in [1.807, 2.05) is 12.1 Å². The highest BCUT2D eigenvalue weighted by molar-refractivity contribution is 9.10. The van der Waals surface area contributed by atoms with E-state index >= 15 is 0 Å². The largest absolute Gasteiger partial charge is 0.484 e. The first-order valence-electron chi connectivity index (χ1n) is 6.93. The molecule has 0 aliphatic rings. The average molecular weight is 352 g/mol. The van der Waals surface area contributed by atoms with Gasteiger partial charge in [0, 0.05) is 11.0 Å². The lowest BCUT2D eigenvalue weighted by Gasteiger charge is -2.21. The topological polar surface area (TPSA) is 35.2 Å². The molecule has 2 N–H and O–H groups in total. The Morgan fingerprint density at radius 1 is 1.14 bits per heavy atom. The molecule has 0 radical (unpaired) electrons. The Balaban J connectivity index is 2.28. The molecule has 1 atom stereocenters. The van der Waals surface area contributed by atoms with E-state index in [4.69, 9.17) is 10.5 Å². The van der Waals surface area contributed by atoms with Crippen LogP contribution in [0.2, 0.25) is 0 Å². The smallest absolute Gasteiger partial charge is 0.136 e. The van der Waals surface area contributed by atoms with Gasteiger partial charge in [0.1, 0.15) is 17.7 Å². The predicted molar refractivity (Wildman–Crippen MR) is 87.1 cm³/mol. The molecule has 0 spiro atoms. The first-order valence-corrected chi connectivity index (χ1v) is 7.72. The minimum absolute atomic E-state index is 0.263. The van der Waals surface area contributed by atoms with E-state index in [0.29, 0.717) is 12.5 Å². The number of hydrogen-bond donors (Lipinski definition) is 1. The fourth-order valence-corrected chi connectivity index (χ4v) is 2.54. The molecular formula is C17H19BrFNO. The van der Waals surface area contributed by atoms with Crippen molar-refractivity contribution in [2.24, 2.45) is 5.73 Å². The number of benzene rings is 2. The van der Waals surface area contributed by atoms with Crippen LogP contribution in [0.15, 0.2) is 46.9 Å². The molecule has 0 saturated heterocycles. The van der Waals surface area contributed by atoms with E-state index in [1.165, 1.54) is 12.1 Å². The second-order valence-electron chi connectivity index (χ2n) is 5.23. The van der Waals surface area contributed by atoms with Crippen molar-refractivity contribution in [2.75, 3.05) is 6.54 Å². The van der Waals surface area contributed by atoms with Crippen LogP contribution in [0, 0.1) is 5.82 Å². The molecule has 0 saturated carbocycles. The highest BCUT2D eigenvalue weighted by Gasteiger charge is 2.15. The highest BCUT2D eigenvalue weighted by atomic mass is 79.9. The van der Waals surface area contributed by atoms with Gasteiger partial charge in [0.15, 0.2) is 0 Å². The summed E-state index contributed by atoms with van der Waals surface area (Å²) in [6, 6.07) is 12.2. The summed E-state index contributed by atoms with van der Waals surface area (Å²) in [6.07, 6.45) is -0.288. The summed E-state index contributed by atoms with van der Waals surface area (Å²) in [5.41, 5.74) is 7.81. The van der Waals surface area contributed by atoms with Crippen molar-refractivity contribution in [1.29, 1.82) is 0 Å². The van der Waals surface area contributed by atoms with Gasteiger partial charge in [0.05, 0.1) is 0 Å². The van der Waals surface area contributed by atoms with Crippen LogP contribution in [-0.2, 0) is 0 Å². The summed E-state index contributed by atoms with van der Waals surface area (Å²) in [4.78, 5) is 0. The van der Waals surface area contributed by atoms with Crippen LogP contribution in [0.1, 0.15) is 37.0 Å². The lowest BCUT2D eigenvalue weighted by atomic mass is 10.0. The highest BCUT2D eigenvalue weighted by Crippen LogP contribution is 2.32. The van der Waals surface area contributed by atoms with Crippen molar-refractivity contribution in [3.63, 3.8) is 0 Å². The van der Waals surface area contributed by atoms with Crippen molar-refractivity contribution in [3.05, 3.63) is 63.9 Å². The SMILES string of the molecule is CC(C)c1cc(Br)ccc1OC(CN)c1ccc(F)cc1. The quantitative estimate of drug-likeness (QED) is 0.840. The van der Waals surface area contributed by atoms with Gasteiger partial charge >= 0.3 is 0 Å². The van der Waals surface area contributed by atoms with E-state index < -0.39 is 0 Å². The van der Waals surface area contributed by atoms with Crippen LogP contribution < -0.4 is 10.5 Å². The maximum Gasteiger partial charge on any atom is 0.136 e. The van der Waals surface area contributed by atoms with E-state index in [2.05, 4.69) is 35.8 Å². The molecule has 0 heterocycles. The van der Waals surface area contributed by atoms with Gasteiger partial charge in [0.25, 0.3) is 0 Å². The minimum atomic E-state index is -0.288. The number of hydrogen-bond acceptors (Lipinski definition) is 2. The van der Waals surface area contributed by atoms with Crippen molar-refractivity contribution < 1.29 is 9.13 Å². The van der Waals surface area contributed by atoms with Crippen LogP contribution in [0.4, 0.5) is 4.39 Å². The normalized spacial score (nSPS) is 12.5. The molecule has 2 rings (SSSR count). The summed E-state index contributed by atoms with van der Waals surface area (Å²) >= 11 is 3.48. The fraction of sp³-hybridized carbons (Fsp3) is 0.294. The van der Waals surface area contributed by atoms with Crippen molar-refractivity contribution in [2.45, 2.75) is 25.9 Å². The molecule has 0 aliphatic heterocycles. The standard InChI is InChI=1S/C17H19BrFNO/c1-11(2)15-9-13(18)5-8-16(15)21-17(10-20)12-3-6-14(19)7-4-12/h3-9,11,17H,10,20H2,1-2H3. The van der Waals surface area contributed by atoms with Crippen molar-refractivity contribution in [3.8, 4) is 5.75 Å². The van der Waals surface area contributed by atoms with Crippen molar-refractivity contribution >= 4 is 15.9 Å². The lowest BCUT2D eigenvalue weighted by molar-refractivity contribution is 0.211. The first kappa shape index (κ1) is 16.0. The molecule has 0 bridgehead atoms. The predicted octanol–water partition coefficient (Wildman–Crippen LogP) is 4.79. The second-order valence-corrected chi connectivity index (χ2v) is 6.15. The molecule has 2 nitrogen and oxygen atoms in total. The molecule has 4 heteroatoms. The van der Waals surface area contributed by atoms with Crippen LogP contribution in [0.5, 0.6) is 5.75 Å². The van der Waals surface area contributed by atoms with E-state index in [0.717, 1.165) is 21.3 Å². The monoisotopic (exact) mass is 351 g/mol. The Labute approximate surface area is 133 Å². The van der Waals surface area contributed by atoms with Gasteiger partial charge in [-0.15, -0.1) is 0 Å². The van der Waals surface area contributed by atoms with E-state index in [1.54, 1.807) is 12.1 Å². The van der Waals surface area contributed by atoms with Crippen molar-refractivity contribution in [1.82, 2.24) is 0 Å². The molecule has 0 fully saturated rings. The number of ether oxygens (including phenoxy) is 1. The zero-order chi connectivity index (χ0) is 15.4. The van der Waals surface area contributed by atoms with E-state index in [9.17, 15) is 4.39 Å².